The summed E-state index contributed by atoms with van der Waals surface area (Å²) in [6.45, 7) is 6.77. The molecular weight excluding hydrogens is 813 g/mol. The molecule has 0 atom stereocenters. The fraction of sp³-hybridized carbons (Fsp3) is 0.938. The van der Waals surface area contributed by atoms with Gasteiger partial charge in [0, 0.05) is 17.9 Å². The van der Waals surface area contributed by atoms with Crippen LogP contribution in [0.15, 0.2) is 0 Å². The summed E-state index contributed by atoms with van der Waals surface area (Å²) in [6.07, 6.45) is 50.8. The second kappa shape index (κ2) is 58.1. The van der Waals surface area contributed by atoms with Crippen molar-refractivity contribution in [3.8, 4) is 0 Å². The number of carboxylic acids is 3. The molecule has 0 aliphatic carbocycles. The van der Waals surface area contributed by atoms with Crippen LogP contribution >= 0.6 is 0 Å². The van der Waals surface area contributed by atoms with E-state index in [9.17, 15) is 29.7 Å². The van der Waals surface area contributed by atoms with Gasteiger partial charge >= 0.3 is 41.3 Å². The van der Waals surface area contributed by atoms with E-state index in [0.29, 0.717) is 0 Å². The number of carbonyl (C=O) groups is 3. The van der Waals surface area contributed by atoms with Gasteiger partial charge in [-0.3, -0.25) is 0 Å². The zero-order valence-corrected chi connectivity index (χ0v) is 40.9. The molecule has 6 nitrogen and oxygen atoms in total. The van der Waals surface area contributed by atoms with E-state index < -0.39 is 17.9 Å². The van der Waals surface area contributed by atoms with Crippen LogP contribution in [0.4, 0.5) is 0 Å². The van der Waals surface area contributed by atoms with Crippen LogP contribution in [-0.2, 0) is 14.4 Å². The molecule has 0 saturated carbocycles. The molecule has 0 aliphatic heterocycles. The molecule has 0 aromatic carbocycles. The van der Waals surface area contributed by atoms with Crippen LogP contribution in [0.2, 0.25) is 0 Å². The molecule has 0 bridgehead atoms. The van der Waals surface area contributed by atoms with Crippen LogP contribution in [-0.4, -0.2) is 17.9 Å². The Labute approximate surface area is 376 Å². The van der Waals surface area contributed by atoms with Gasteiger partial charge < -0.3 is 29.7 Å². The third kappa shape index (κ3) is 71.9. The minimum absolute atomic E-state index is 0. The Kier molecular flexibility index (Phi) is 64.9. The Morgan fingerprint density at radius 2 is 0.345 bits per heavy atom. The van der Waals surface area contributed by atoms with Gasteiger partial charge in [0.1, 0.15) is 0 Å². The Bertz CT molecular complexity index is 636. The molecule has 55 heavy (non-hydrogen) atoms. The van der Waals surface area contributed by atoms with E-state index in [2.05, 4.69) is 20.8 Å². The third-order valence-electron chi connectivity index (χ3n) is 10.5. The van der Waals surface area contributed by atoms with Crippen LogP contribution in [0.25, 0.3) is 0 Å². The molecule has 0 fully saturated rings. The molecule has 7 heteroatoms. The van der Waals surface area contributed by atoms with E-state index in [-0.39, 0.29) is 60.6 Å². The molecule has 0 saturated heterocycles. The van der Waals surface area contributed by atoms with Crippen molar-refractivity contribution in [1.82, 2.24) is 0 Å². The van der Waals surface area contributed by atoms with Gasteiger partial charge in [-0.25, -0.2) is 0 Å². The van der Waals surface area contributed by atoms with Crippen LogP contribution in [0.5, 0.6) is 0 Å². The molecule has 0 aliphatic rings. The molecule has 324 valence electrons. The van der Waals surface area contributed by atoms with Crippen LogP contribution in [0.1, 0.15) is 290 Å². The summed E-state index contributed by atoms with van der Waals surface area (Å²) >= 11 is 0. The Morgan fingerprint density at radius 3 is 0.455 bits per heavy atom. The summed E-state index contributed by atoms with van der Waals surface area (Å²) in [5.74, 6) is -2.71. The zero-order chi connectivity index (χ0) is 40.4. The maximum absolute atomic E-state index is 10.2. The normalized spacial score (nSPS) is 10.5. The largest absolute Gasteiger partial charge is 3.00 e. The Balaban J connectivity index is -0.000000351. The molecule has 0 radical (unpaired) electrons. The van der Waals surface area contributed by atoms with Gasteiger partial charge in [-0.2, -0.15) is 0 Å². The molecule has 0 N–H and O–H groups in total. The van der Waals surface area contributed by atoms with Crippen molar-refractivity contribution in [2.75, 3.05) is 0 Å². The monoisotopic (exact) mass is 907 g/mol. The minimum Gasteiger partial charge on any atom is -0.550 e. The maximum atomic E-state index is 10.2. The quantitative estimate of drug-likeness (QED) is 0.0563. The molecular formula is C48H93O6Pr. The second-order valence-corrected chi connectivity index (χ2v) is 16.1. The van der Waals surface area contributed by atoms with Crippen molar-refractivity contribution in [2.24, 2.45) is 0 Å². The molecule has 0 amide bonds. The van der Waals surface area contributed by atoms with Gasteiger partial charge in [0.05, 0.1) is 0 Å². The number of hydrogen-bond donors (Lipinski definition) is 0. The van der Waals surface area contributed by atoms with Gasteiger partial charge in [0.25, 0.3) is 0 Å². The average molecular weight is 907 g/mol. The van der Waals surface area contributed by atoms with Crippen LogP contribution in [0.3, 0.4) is 0 Å². The SMILES string of the molecule is CCCCCCCCCCCCCCCC(=O)[O-].CCCCCCCCCCCCCCCC(=O)[O-].CCCCCCCCCCCCCCCC(=O)[O-].[Pr+3]. The molecule has 0 rings (SSSR count). The zero-order valence-electron chi connectivity index (χ0n) is 37.2. The standard InChI is InChI=1S/3C16H32O2.Pr/c3*1-2-3-4-5-6-7-8-9-10-11-12-13-14-15-16(17)18;/h3*2-15H2,1H3,(H,17,18);/q;;;+3/p-3. The van der Waals surface area contributed by atoms with E-state index in [4.69, 9.17) is 0 Å². The van der Waals surface area contributed by atoms with Gasteiger partial charge in [-0.15, -0.1) is 0 Å². The number of aliphatic carboxylic acids is 3. The van der Waals surface area contributed by atoms with E-state index in [1.807, 2.05) is 0 Å². The smallest absolute Gasteiger partial charge is 0.550 e. The summed E-state index contributed by atoms with van der Waals surface area (Å²) in [5.41, 5.74) is 0. The Hall–Kier alpha value is -0.226. The summed E-state index contributed by atoms with van der Waals surface area (Å²) in [4.78, 5) is 30.6. The van der Waals surface area contributed by atoms with Crippen molar-refractivity contribution >= 4 is 17.9 Å². The summed E-state index contributed by atoms with van der Waals surface area (Å²) < 4.78 is 0. The molecule has 0 spiro atoms. The maximum Gasteiger partial charge on any atom is 3.00 e. The molecule has 0 heterocycles. The topological polar surface area (TPSA) is 120 Å². The third-order valence-corrected chi connectivity index (χ3v) is 10.5. The summed E-state index contributed by atoms with van der Waals surface area (Å²) in [7, 11) is 0. The first-order valence-electron chi connectivity index (χ1n) is 23.9. The second-order valence-electron chi connectivity index (χ2n) is 16.1. The van der Waals surface area contributed by atoms with E-state index in [0.717, 1.165) is 38.5 Å². The number of carbonyl (C=O) groups excluding carboxylic acids is 3. The molecule has 0 unspecified atom stereocenters. The van der Waals surface area contributed by atoms with E-state index in [1.54, 1.807) is 0 Å². The number of unbranched alkanes of at least 4 members (excludes halogenated alkanes) is 36. The van der Waals surface area contributed by atoms with Gasteiger partial charge in [0.15, 0.2) is 0 Å². The number of carboxylic acid groups (broad SMARTS) is 3. The summed E-state index contributed by atoms with van der Waals surface area (Å²) in [5, 5.41) is 30.6. The first kappa shape index (κ1) is 61.4. The fourth-order valence-electron chi connectivity index (χ4n) is 6.86. The van der Waals surface area contributed by atoms with Gasteiger partial charge in [0.2, 0.25) is 0 Å². The van der Waals surface area contributed by atoms with E-state index >= 15 is 0 Å². The van der Waals surface area contributed by atoms with Crippen molar-refractivity contribution < 1.29 is 71.0 Å². The average Bonchev–Trinajstić information content (AvgIpc) is 3.14. The first-order chi connectivity index (χ1) is 26.3. The minimum atomic E-state index is -0.905. The van der Waals surface area contributed by atoms with Crippen molar-refractivity contribution in [3.05, 3.63) is 0 Å². The predicted octanol–water partition coefficient (Wildman–Crippen LogP) is 12.7. The fourth-order valence-corrected chi connectivity index (χ4v) is 6.86. The molecule has 0 aromatic rings. The van der Waals surface area contributed by atoms with E-state index in [1.165, 1.54) is 212 Å². The Morgan fingerprint density at radius 1 is 0.236 bits per heavy atom. The van der Waals surface area contributed by atoms with Crippen molar-refractivity contribution in [2.45, 2.75) is 290 Å². The van der Waals surface area contributed by atoms with Crippen molar-refractivity contribution in [3.63, 3.8) is 0 Å². The number of rotatable bonds is 42. The van der Waals surface area contributed by atoms with Gasteiger partial charge in [-0.05, 0) is 38.5 Å². The molecule has 0 aromatic heterocycles. The number of hydrogen-bond acceptors (Lipinski definition) is 6. The summed E-state index contributed by atoms with van der Waals surface area (Å²) in [6, 6.07) is 0. The van der Waals surface area contributed by atoms with Gasteiger partial charge in [-0.1, -0.05) is 252 Å². The predicted molar refractivity (Wildman–Crippen MR) is 226 cm³/mol. The van der Waals surface area contributed by atoms with Crippen LogP contribution < -0.4 is 15.3 Å². The first-order valence-corrected chi connectivity index (χ1v) is 23.9. The van der Waals surface area contributed by atoms with Crippen molar-refractivity contribution in [1.29, 1.82) is 0 Å². The van der Waals surface area contributed by atoms with Crippen LogP contribution in [0, 0.1) is 41.3 Å².